The highest BCUT2D eigenvalue weighted by Crippen LogP contribution is 2.27. The number of rotatable bonds is 9. The van der Waals surface area contributed by atoms with E-state index < -0.39 is 0 Å². The quantitative estimate of drug-likeness (QED) is 0.748. The molecule has 2 rings (SSSR count). The molecule has 0 radical (unpaired) electrons. The molecule has 0 unspecified atom stereocenters. The smallest absolute Gasteiger partial charge is 0.220 e. The fourth-order valence-corrected chi connectivity index (χ4v) is 2.89. The van der Waals surface area contributed by atoms with E-state index in [4.69, 9.17) is 9.47 Å². The minimum Gasteiger partial charge on any atom is -0.493 e. The van der Waals surface area contributed by atoms with Gasteiger partial charge in [0.25, 0.3) is 0 Å². The molecule has 0 aliphatic rings. The molecule has 142 valence electrons. The first-order valence-electron chi connectivity index (χ1n) is 8.91. The van der Waals surface area contributed by atoms with Crippen molar-refractivity contribution in [2.45, 2.75) is 40.2 Å². The number of amides is 1. The minimum absolute atomic E-state index is 0.0556. The molecule has 0 saturated heterocycles. The van der Waals surface area contributed by atoms with Gasteiger partial charge in [0.1, 0.15) is 0 Å². The second-order valence-corrected chi connectivity index (χ2v) is 6.71. The number of ether oxygens (including phenoxy) is 2. The largest absolute Gasteiger partial charge is 0.493 e. The second-order valence-electron chi connectivity index (χ2n) is 6.71. The van der Waals surface area contributed by atoms with Crippen LogP contribution in [0.25, 0.3) is 0 Å². The third-order valence-electron chi connectivity index (χ3n) is 4.32. The molecule has 2 aromatic rings. The number of nitrogens with zero attached hydrogens (tertiary/aromatic N) is 2. The lowest BCUT2D eigenvalue weighted by Crippen LogP contribution is -2.30. The third-order valence-corrected chi connectivity index (χ3v) is 4.32. The Kier molecular flexibility index (Phi) is 7.06. The van der Waals surface area contributed by atoms with Crippen molar-refractivity contribution in [2.75, 3.05) is 20.8 Å². The van der Waals surface area contributed by atoms with Gasteiger partial charge in [-0.25, -0.2) is 0 Å². The van der Waals surface area contributed by atoms with Gasteiger partial charge in [0, 0.05) is 25.2 Å². The predicted octanol–water partition coefficient (Wildman–Crippen LogP) is 2.90. The van der Waals surface area contributed by atoms with Gasteiger partial charge >= 0.3 is 0 Å². The van der Waals surface area contributed by atoms with Crippen molar-refractivity contribution in [2.24, 2.45) is 5.92 Å². The van der Waals surface area contributed by atoms with Crippen LogP contribution in [-0.2, 0) is 17.8 Å². The van der Waals surface area contributed by atoms with Crippen molar-refractivity contribution in [3.8, 4) is 11.5 Å². The fourth-order valence-electron chi connectivity index (χ4n) is 2.89. The monoisotopic (exact) mass is 359 g/mol. The standard InChI is InChI=1S/C20H29N3O3/c1-14(13-23-16(3)10-15(2)22-23)12-21-20(24)9-7-17-6-8-18(25-4)19(11-17)26-5/h6,8,10-11,14H,7,9,12-13H2,1-5H3,(H,21,24)/t14-/m0/s1. The first-order valence-corrected chi connectivity index (χ1v) is 8.91. The Hall–Kier alpha value is -2.50. The Labute approximate surface area is 155 Å². The SMILES string of the molecule is COc1ccc(CCC(=O)NC[C@H](C)Cn2nc(C)cc2C)cc1OC. The maximum atomic E-state index is 12.1. The number of hydrogen-bond donors (Lipinski definition) is 1. The summed E-state index contributed by atoms with van der Waals surface area (Å²) in [5.41, 5.74) is 3.22. The van der Waals surface area contributed by atoms with Gasteiger partial charge in [0.15, 0.2) is 11.5 Å². The summed E-state index contributed by atoms with van der Waals surface area (Å²) < 4.78 is 12.5. The summed E-state index contributed by atoms with van der Waals surface area (Å²) in [6, 6.07) is 7.80. The molecule has 1 heterocycles. The minimum atomic E-state index is 0.0556. The average molecular weight is 359 g/mol. The molecule has 1 aromatic carbocycles. The maximum Gasteiger partial charge on any atom is 0.220 e. The van der Waals surface area contributed by atoms with Crippen LogP contribution < -0.4 is 14.8 Å². The van der Waals surface area contributed by atoms with Crippen molar-refractivity contribution >= 4 is 5.91 Å². The summed E-state index contributed by atoms with van der Waals surface area (Å²) in [5.74, 6) is 1.75. The number of methoxy groups -OCH3 is 2. The highest BCUT2D eigenvalue weighted by Gasteiger charge is 2.10. The number of aryl methyl sites for hydroxylation is 3. The van der Waals surface area contributed by atoms with Crippen molar-refractivity contribution < 1.29 is 14.3 Å². The van der Waals surface area contributed by atoms with Crippen LogP contribution in [0.1, 0.15) is 30.3 Å². The Morgan fingerprint density at radius 3 is 2.54 bits per heavy atom. The topological polar surface area (TPSA) is 65.4 Å². The lowest BCUT2D eigenvalue weighted by Gasteiger charge is -2.14. The zero-order chi connectivity index (χ0) is 19.1. The Bertz CT molecular complexity index is 740. The van der Waals surface area contributed by atoms with Crippen molar-refractivity contribution in [3.63, 3.8) is 0 Å². The highest BCUT2D eigenvalue weighted by molar-refractivity contribution is 5.76. The summed E-state index contributed by atoms with van der Waals surface area (Å²) >= 11 is 0. The van der Waals surface area contributed by atoms with Crippen LogP contribution >= 0.6 is 0 Å². The van der Waals surface area contributed by atoms with Crippen LogP contribution in [0.2, 0.25) is 0 Å². The molecular weight excluding hydrogens is 330 g/mol. The van der Waals surface area contributed by atoms with E-state index in [0.717, 1.165) is 23.5 Å². The van der Waals surface area contributed by atoms with Crippen LogP contribution in [0.5, 0.6) is 11.5 Å². The van der Waals surface area contributed by atoms with Gasteiger partial charge in [0.2, 0.25) is 5.91 Å². The Morgan fingerprint density at radius 2 is 1.92 bits per heavy atom. The molecule has 6 nitrogen and oxygen atoms in total. The summed E-state index contributed by atoms with van der Waals surface area (Å²) in [6.45, 7) is 7.60. The van der Waals surface area contributed by atoms with Crippen molar-refractivity contribution in [3.05, 3.63) is 41.2 Å². The number of hydrogen-bond acceptors (Lipinski definition) is 4. The van der Waals surface area contributed by atoms with Gasteiger partial charge in [-0.05, 0) is 49.9 Å². The van der Waals surface area contributed by atoms with Crippen molar-refractivity contribution in [1.29, 1.82) is 0 Å². The lowest BCUT2D eigenvalue weighted by atomic mass is 10.1. The molecule has 0 bridgehead atoms. The molecule has 0 fully saturated rings. The van der Waals surface area contributed by atoms with E-state index >= 15 is 0 Å². The molecule has 0 spiro atoms. The first kappa shape index (κ1) is 19.8. The summed E-state index contributed by atoms with van der Waals surface area (Å²) in [6.07, 6.45) is 1.11. The van der Waals surface area contributed by atoms with Gasteiger partial charge in [-0.1, -0.05) is 13.0 Å². The summed E-state index contributed by atoms with van der Waals surface area (Å²) in [4.78, 5) is 12.1. The highest BCUT2D eigenvalue weighted by atomic mass is 16.5. The van der Waals surface area contributed by atoms with E-state index in [0.29, 0.717) is 36.8 Å². The molecule has 1 aromatic heterocycles. The molecule has 0 aliphatic carbocycles. The van der Waals surface area contributed by atoms with Crippen molar-refractivity contribution in [1.82, 2.24) is 15.1 Å². The third kappa shape index (κ3) is 5.51. The normalized spacial score (nSPS) is 11.9. The van der Waals surface area contributed by atoms with Crippen LogP contribution in [-0.4, -0.2) is 36.5 Å². The fraction of sp³-hybridized carbons (Fsp3) is 0.500. The van der Waals surface area contributed by atoms with E-state index in [-0.39, 0.29) is 5.91 Å². The zero-order valence-electron chi connectivity index (χ0n) is 16.3. The summed E-state index contributed by atoms with van der Waals surface area (Å²) in [7, 11) is 3.22. The average Bonchev–Trinajstić information content (AvgIpc) is 2.94. The van der Waals surface area contributed by atoms with E-state index in [1.807, 2.05) is 29.8 Å². The van der Waals surface area contributed by atoms with E-state index in [1.54, 1.807) is 14.2 Å². The number of nitrogens with one attached hydrogen (secondary N) is 1. The molecule has 0 aliphatic heterocycles. The molecule has 26 heavy (non-hydrogen) atoms. The molecule has 1 N–H and O–H groups in total. The molecule has 6 heteroatoms. The van der Waals surface area contributed by atoms with Gasteiger partial charge in [-0.2, -0.15) is 5.10 Å². The predicted molar refractivity (Wildman–Crippen MR) is 102 cm³/mol. The van der Waals surface area contributed by atoms with Gasteiger partial charge < -0.3 is 14.8 Å². The maximum absolute atomic E-state index is 12.1. The second kappa shape index (κ2) is 9.27. The first-order chi connectivity index (χ1) is 12.4. The van der Waals surface area contributed by atoms with Gasteiger partial charge in [0.05, 0.1) is 19.9 Å². The van der Waals surface area contributed by atoms with Gasteiger partial charge in [-0.3, -0.25) is 9.48 Å². The Morgan fingerprint density at radius 1 is 1.19 bits per heavy atom. The van der Waals surface area contributed by atoms with E-state index in [9.17, 15) is 4.79 Å². The molecule has 0 saturated carbocycles. The number of carbonyl (C=O) groups excluding carboxylic acids is 1. The number of aromatic nitrogens is 2. The molecule has 1 atom stereocenters. The zero-order valence-corrected chi connectivity index (χ0v) is 16.3. The van der Waals surface area contributed by atoms with Gasteiger partial charge in [-0.15, -0.1) is 0 Å². The lowest BCUT2D eigenvalue weighted by molar-refractivity contribution is -0.121. The van der Waals surface area contributed by atoms with E-state index in [2.05, 4.69) is 30.3 Å². The number of benzene rings is 1. The van der Waals surface area contributed by atoms with E-state index in [1.165, 1.54) is 0 Å². The number of carbonyl (C=O) groups is 1. The van der Waals surface area contributed by atoms with Crippen LogP contribution in [0.15, 0.2) is 24.3 Å². The molecule has 1 amide bonds. The van der Waals surface area contributed by atoms with Crippen LogP contribution in [0.3, 0.4) is 0 Å². The molecular formula is C20H29N3O3. The summed E-state index contributed by atoms with van der Waals surface area (Å²) in [5, 5.41) is 7.48. The van der Waals surface area contributed by atoms with Crippen LogP contribution in [0.4, 0.5) is 0 Å². The Balaban J connectivity index is 1.77. The van der Waals surface area contributed by atoms with Crippen LogP contribution in [0, 0.1) is 19.8 Å².